The van der Waals surface area contributed by atoms with Crippen LogP contribution in [0.2, 0.25) is 5.02 Å². The SMILES string of the molecule is CC(=O)N1CCC(C(=O)O)Cc2cc(Cl)ccc21. The molecule has 0 aromatic heterocycles. The Morgan fingerprint density at radius 3 is 2.78 bits per heavy atom. The fourth-order valence-electron chi connectivity index (χ4n) is 2.29. The van der Waals surface area contributed by atoms with Gasteiger partial charge in [-0.15, -0.1) is 0 Å². The maximum absolute atomic E-state index is 11.6. The van der Waals surface area contributed by atoms with Gasteiger partial charge in [-0.3, -0.25) is 9.59 Å². The fourth-order valence-corrected chi connectivity index (χ4v) is 2.49. The summed E-state index contributed by atoms with van der Waals surface area (Å²) in [6.45, 7) is 1.92. The van der Waals surface area contributed by atoms with E-state index in [0.29, 0.717) is 24.4 Å². The molecule has 0 spiro atoms. The van der Waals surface area contributed by atoms with Crippen molar-refractivity contribution in [2.45, 2.75) is 19.8 Å². The van der Waals surface area contributed by atoms with Gasteiger partial charge in [0, 0.05) is 24.2 Å². The molecule has 1 heterocycles. The Morgan fingerprint density at radius 2 is 2.17 bits per heavy atom. The van der Waals surface area contributed by atoms with Crippen LogP contribution in [0.4, 0.5) is 5.69 Å². The van der Waals surface area contributed by atoms with Crippen molar-refractivity contribution in [3.63, 3.8) is 0 Å². The van der Waals surface area contributed by atoms with Crippen molar-refractivity contribution >= 4 is 29.2 Å². The standard InChI is InChI=1S/C13H14ClNO3/c1-8(16)15-5-4-9(13(17)18)6-10-7-11(14)2-3-12(10)15/h2-3,7,9H,4-6H2,1H3,(H,17,18). The van der Waals surface area contributed by atoms with Crippen LogP contribution in [0.1, 0.15) is 18.9 Å². The molecule has 0 radical (unpaired) electrons. The zero-order valence-corrected chi connectivity index (χ0v) is 10.8. The van der Waals surface area contributed by atoms with Crippen LogP contribution < -0.4 is 4.90 Å². The summed E-state index contributed by atoms with van der Waals surface area (Å²) in [7, 11) is 0. The van der Waals surface area contributed by atoms with Crippen molar-refractivity contribution in [1.82, 2.24) is 0 Å². The number of hydrogen-bond acceptors (Lipinski definition) is 2. The number of fused-ring (bicyclic) bond motifs is 1. The van der Waals surface area contributed by atoms with Gasteiger partial charge < -0.3 is 10.0 Å². The first kappa shape index (κ1) is 12.9. The largest absolute Gasteiger partial charge is 0.481 e. The lowest BCUT2D eigenvalue weighted by Crippen LogP contribution is -2.30. The van der Waals surface area contributed by atoms with Crippen molar-refractivity contribution in [2.75, 3.05) is 11.4 Å². The molecule has 1 aliphatic heterocycles. The van der Waals surface area contributed by atoms with E-state index in [9.17, 15) is 9.59 Å². The van der Waals surface area contributed by atoms with Crippen LogP contribution in [0, 0.1) is 5.92 Å². The summed E-state index contributed by atoms with van der Waals surface area (Å²) in [4.78, 5) is 24.4. The van der Waals surface area contributed by atoms with Crippen molar-refractivity contribution in [3.05, 3.63) is 28.8 Å². The summed E-state index contributed by atoms with van der Waals surface area (Å²) in [6.07, 6.45) is 0.871. The first-order valence-corrected chi connectivity index (χ1v) is 6.16. The number of hydrogen-bond donors (Lipinski definition) is 1. The van der Waals surface area contributed by atoms with Gasteiger partial charge in [-0.1, -0.05) is 11.6 Å². The lowest BCUT2D eigenvalue weighted by atomic mass is 9.97. The minimum atomic E-state index is -0.827. The Bertz CT molecular complexity index is 501. The first-order chi connectivity index (χ1) is 8.49. The molecule has 0 fully saturated rings. The molecule has 96 valence electrons. The average molecular weight is 268 g/mol. The van der Waals surface area contributed by atoms with Gasteiger partial charge in [0.15, 0.2) is 0 Å². The lowest BCUT2D eigenvalue weighted by molar-refractivity contribution is -0.141. The van der Waals surface area contributed by atoms with E-state index >= 15 is 0 Å². The monoisotopic (exact) mass is 267 g/mol. The zero-order chi connectivity index (χ0) is 13.3. The number of rotatable bonds is 1. The van der Waals surface area contributed by atoms with Crippen LogP contribution in [0.25, 0.3) is 0 Å². The Hall–Kier alpha value is -1.55. The number of carbonyl (C=O) groups excluding carboxylic acids is 1. The van der Waals surface area contributed by atoms with Crippen molar-refractivity contribution < 1.29 is 14.7 Å². The molecule has 5 heteroatoms. The number of benzene rings is 1. The molecule has 2 rings (SSSR count). The number of carbonyl (C=O) groups is 2. The van der Waals surface area contributed by atoms with Gasteiger partial charge in [0.05, 0.1) is 5.92 Å². The average Bonchev–Trinajstić information content (AvgIpc) is 2.47. The third-order valence-electron chi connectivity index (χ3n) is 3.23. The third kappa shape index (κ3) is 2.48. The molecule has 1 aliphatic rings. The van der Waals surface area contributed by atoms with Gasteiger partial charge >= 0.3 is 5.97 Å². The van der Waals surface area contributed by atoms with Crippen LogP contribution >= 0.6 is 11.6 Å². The van der Waals surface area contributed by atoms with Gasteiger partial charge in [-0.05, 0) is 36.6 Å². The number of anilines is 1. The minimum Gasteiger partial charge on any atom is -0.481 e. The summed E-state index contributed by atoms with van der Waals surface area (Å²) >= 11 is 5.93. The summed E-state index contributed by atoms with van der Waals surface area (Å²) in [5.74, 6) is -1.37. The molecule has 1 atom stereocenters. The highest BCUT2D eigenvalue weighted by Crippen LogP contribution is 2.31. The van der Waals surface area contributed by atoms with E-state index in [1.807, 2.05) is 0 Å². The van der Waals surface area contributed by atoms with E-state index in [4.69, 9.17) is 16.7 Å². The van der Waals surface area contributed by atoms with Crippen LogP contribution in [0.15, 0.2) is 18.2 Å². The van der Waals surface area contributed by atoms with E-state index in [-0.39, 0.29) is 5.91 Å². The summed E-state index contributed by atoms with van der Waals surface area (Å²) in [5, 5.41) is 9.71. The molecule has 0 saturated carbocycles. The number of carboxylic acid groups (broad SMARTS) is 1. The molecule has 0 aliphatic carbocycles. The topological polar surface area (TPSA) is 57.6 Å². The maximum atomic E-state index is 11.6. The highest BCUT2D eigenvalue weighted by molar-refractivity contribution is 6.30. The van der Waals surface area contributed by atoms with E-state index in [2.05, 4.69) is 0 Å². The molecular formula is C13H14ClNO3. The first-order valence-electron chi connectivity index (χ1n) is 5.78. The number of amides is 1. The normalized spacial score (nSPS) is 19.0. The fraction of sp³-hybridized carbons (Fsp3) is 0.385. The summed E-state index contributed by atoms with van der Waals surface area (Å²) in [5.41, 5.74) is 1.60. The van der Waals surface area contributed by atoms with Crippen LogP contribution in [0.5, 0.6) is 0 Å². The zero-order valence-electron chi connectivity index (χ0n) is 10.0. The molecule has 1 aromatic carbocycles. The predicted octanol–water partition coefficient (Wildman–Crippen LogP) is 2.34. The number of carboxylic acids is 1. The second kappa shape index (κ2) is 4.98. The summed E-state index contributed by atoms with van der Waals surface area (Å²) in [6, 6.07) is 5.24. The Kier molecular flexibility index (Phi) is 3.57. The maximum Gasteiger partial charge on any atom is 0.306 e. The summed E-state index contributed by atoms with van der Waals surface area (Å²) < 4.78 is 0. The molecule has 18 heavy (non-hydrogen) atoms. The molecule has 4 nitrogen and oxygen atoms in total. The molecule has 0 saturated heterocycles. The van der Waals surface area contributed by atoms with Crippen molar-refractivity contribution in [3.8, 4) is 0 Å². The van der Waals surface area contributed by atoms with Gasteiger partial charge in [0.25, 0.3) is 0 Å². The van der Waals surface area contributed by atoms with Crippen molar-refractivity contribution in [2.24, 2.45) is 5.92 Å². The Labute approximate surface area is 110 Å². The van der Waals surface area contributed by atoms with Crippen LogP contribution in [-0.2, 0) is 16.0 Å². The van der Waals surface area contributed by atoms with Crippen molar-refractivity contribution in [1.29, 1.82) is 0 Å². The quantitative estimate of drug-likeness (QED) is 0.850. The van der Waals surface area contributed by atoms with E-state index < -0.39 is 11.9 Å². The number of aliphatic carboxylic acids is 1. The highest BCUT2D eigenvalue weighted by atomic mass is 35.5. The van der Waals surface area contributed by atoms with Gasteiger partial charge in [-0.25, -0.2) is 0 Å². The van der Waals surface area contributed by atoms with Gasteiger partial charge in [-0.2, -0.15) is 0 Å². The smallest absolute Gasteiger partial charge is 0.306 e. The number of nitrogens with zero attached hydrogens (tertiary/aromatic N) is 1. The van der Waals surface area contributed by atoms with Gasteiger partial charge in [0.1, 0.15) is 0 Å². The lowest BCUT2D eigenvalue weighted by Gasteiger charge is -2.21. The van der Waals surface area contributed by atoms with E-state index in [1.165, 1.54) is 6.92 Å². The Balaban J connectivity index is 2.45. The second-order valence-corrected chi connectivity index (χ2v) is 4.91. The number of halogens is 1. The third-order valence-corrected chi connectivity index (χ3v) is 3.46. The molecule has 1 N–H and O–H groups in total. The second-order valence-electron chi connectivity index (χ2n) is 4.47. The minimum absolute atomic E-state index is 0.0791. The molecule has 1 unspecified atom stereocenters. The molecule has 0 bridgehead atoms. The molecule has 1 aromatic rings. The highest BCUT2D eigenvalue weighted by Gasteiger charge is 2.27. The van der Waals surface area contributed by atoms with Crippen LogP contribution in [0.3, 0.4) is 0 Å². The molecule has 1 amide bonds. The Morgan fingerprint density at radius 1 is 1.44 bits per heavy atom. The van der Waals surface area contributed by atoms with Gasteiger partial charge in [0.2, 0.25) is 5.91 Å². The van der Waals surface area contributed by atoms with E-state index in [1.54, 1.807) is 23.1 Å². The van der Waals surface area contributed by atoms with Crippen LogP contribution in [-0.4, -0.2) is 23.5 Å². The predicted molar refractivity (Wildman–Crippen MR) is 68.9 cm³/mol. The molecular weight excluding hydrogens is 254 g/mol. The van der Waals surface area contributed by atoms with E-state index in [0.717, 1.165) is 11.3 Å².